The van der Waals surface area contributed by atoms with Gasteiger partial charge in [-0.05, 0) is 23.9 Å². The summed E-state index contributed by atoms with van der Waals surface area (Å²) < 4.78 is 0. The van der Waals surface area contributed by atoms with Crippen molar-refractivity contribution in [2.75, 3.05) is 5.43 Å². The van der Waals surface area contributed by atoms with Crippen LogP contribution in [0.25, 0.3) is 0 Å². The minimum atomic E-state index is 0.365. The number of anilines is 1. The molecule has 0 saturated heterocycles. The maximum atomic E-state index is 6.03. The van der Waals surface area contributed by atoms with Gasteiger partial charge < -0.3 is 5.43 Å². The molecule has 0 aliphatic rings. The summed E-state index contributed by atoms with van der Waals surface area (Å²) in [6.45, 7) is 0. The summed E-state index contributed by atoms with van der Waals surface area (Å²) in [4.78, 5) is 12.1. The summed E-state index contributed by atoms with van der Waals surface area (Å²) >= 11 is 13.2. The molecule has 17 heavy (non-hydrogen) atoms. The summed E-state index contributed by atoms with van der Waals surface area (Å²) in [5.74, 6) is 5.66. The molecule has 0 atom stereocenters. The monoisotopic (exact) mass is 287 g/mol. The number of nitrogens with zero attached hydrogens (tertiary/aromatic N) is 3. The number of hydrogen-bond donors (Lipinski definition) is 2. The highest BCUT2D eigenvalue weighted by Crippen LogP contribution is 2.34. The van der Waals surface area contributed by atoms with Gasteiger partial charge in [0.2, 0.25) is 0 Å². The molecule has 3 N–H and O–H groups in total. The van der Waals surface area contributed by atoms with E-state index in [4.69, 9.17) is 29.0 Å². The standard InChI is InChI=1S/C9H7Cl2N5S/c10-5-3-6(11)9(15-8(5)16-12)17-7-1-2-13-4-14-7/h1-4H,12H2,(H,15,16). The topological polar surface area (TPSA) is 76.7 Å². The molecule has 0 radical (unpaired) electrons. The van der Waals surface area contributed by atoms with Crippen LogP contribution >= 0.6 is 35.0 Å². The summed E-state index contributed by atoms with van der Waals surface area (Å²) in [5.41, 5.74) is 2.40. The molecule has 0 amide bonds. The highest BCUT2D eigenvalue weighted by Gasteiger charge is 2.10. The Balaban J connectivity index is 2.33. The molecule has 88 valence electrons. The number of hydrazine groups is 1. The molecule has 0 saturated carbocycles. The van der Waals surface area contributed by atoms with Gasteiger partial charge in [0.1, 0.15) is 16.4 Å². The van der Waals surface area contributed by atoms with Crippen LogP contribution in [-0.2, 0) is 0 Å². The van der Waals surface area contributed by atoms with Crippen LogP contribution in [0.2, 0.25) is 10.0 Å². The maximum Gasteiger partial charge on any atom is 0.160 e. The summed E-state index contributed by atoms with van der Waals surface area (Å²) in [6, 6.07) is 3.33. The van der Waals surface area contributed by atoms with Crippen molar-refractivity contribution in [1.29, 1.82) is 0 Å². The predicted octanol–water partition coefficient (Wildman–Crippen LogP) is 2.62. The van der Waals surface area contributed by atoms with E-state index in [0.29, 0.717) is 20.9 Å². The van der Waals surface area contributed by atoms with Crippen molar-refractivity contribution in [2.24, 2.45) is 5.84 Å². The van der Waals surface area contributed by atoms with Crippen LogP contribution in [-0.4, -0.2) is 15.0 Å². The van der Waals surface area contributed by atoms with Gasteiger partial charge in [-0.25, -0.2) is 20.8 Å². The molecular weight excluding hydrogens is 281 g/mol. The molecular formula is C9H7Cl2N5S. The molecule has 0 unspecified atom stereocenters. The first-order valence-electron chi connectivity index (χ1n) is 4.47. The number of hydrogen-bond acceptors (Lipinski definition) is 6. The average Bonchev–Trinajstić information content (AvgIpc) is 2.34. The number of aromatic nitrogens is 3. The first kappa shape index (κ1) is 12.4. The van der Waals surface area contributed by atoms with E-state index < -0.39 is 0 Å². The Kier molecular flexibility index (Phi) is 4.01. The molecule has 0 aliphatic heterocycles. The highest BCUT2D eigenvalue weighted by atomic mass is 35.5. The second-order valence-electron chi connectivity index (χ2n) is 2.90. The zero-order chi connectivity index (χ0) is 12.3. The van der Waals surface area contributed by atoms with Crippen LogP contribution in [0.4, 0.5) is 5.82 Å². The Morgan fingerprint density at radius 3 is 2.76 bits per heavy atom. The van der Waals surface area contributed by atoms with E-state index in [2.05, 4.69) is 20.4 Å². The minimum Gasteiger partial charge on any atom is -0.307 e. The Labute approximate surface area is 112 Å². The normalized spacial score (nSPS) is 10.3. The van der Waals surface area contributed by atoms with Gasteiger partial charge in [-0.3, -0.25) is 0 Å². The van der Waals surface area contributed by atoms with Crippen LogP contribution in [0, 0.1) is 0 Å². The summed E-state index contributed by atoms with van der Waals surface area (Å²) in [7, 11) is 0. The van der Waals surface area contributed by atoms with Crippen molar-refractivity contribution in [1.82, 2.24) is 15.0 Å². The van der Waals surface area contributed by atoms with Crippen molar-refractivity contribution >= 4 is 40.8 Å². The number of rotatable bonds is 3. The first-order valence-corrected chi connectivity index (χ1v) is 6.04. The van der Waals surface area contributed by atoms with E-state index >= 15 is 0 Å². The van der Waals surface area contributed by atoms with Crippen molar-refractivity contribution in [2.45, 2.75) is 10.1 Å². The Hall–Kier alpha value is -1.08. The Bertz CT molecular complexity index is 522. The number of nitrogens with two attached hydrogens (primary N) is 1. The third kappa shape index (κ3) is 2.98. The SMILES string of the molecule is NNc1nc(Sc2ccncn2)c(Cl)cc1Cl. The molecule has 2 aromatic heterocycles. The lowest BCUT2D eigenvalue weighted by molar-refractivity contribution is 1.03. The van der Waals surface area contributed by atoms with E-state index in [9.17, 15) is 0 Å². The molecule has 0 bridgehead atoms. The Morgan fingerprint density at radius 1 is 1.29 bits per heavy atom. The fraction of sp³-hybridized carbons (Fsp3) is 0. The largest absolute Gasteiger partial charge is 0.307 e. The van der Waals surface area contributed by atoms with E-state index in [-0.39, 0.29) is 0 Å². The fourth-order valence-corrected chi connectivity index (χ4v) is 2.31. The number of pyridine rings is 1. The van der Waals surface area contributed by atoms with Crippen LogP contribution < -0.4 is 11.3 Å². The molecule has 0 fully saturated rings. The van der Waals surface area contributed by atoms with Gasteiger partial charge in [-0.15, -0.1) is 0 Å². The lowest BCUT2D eigenvalue weighted by Crippen LogP contribution is -2.09. The molecule has 8 heteroatoms. The molecule has 2 heterocycles. The molecule has 2 rings (SSSR count). The molecule has 0 aromatic carbocycles. The van der Waals surface area contributed by atoms with Crippen molar-refractivity contribution in [3.05, 3.63) is 34.7 Å². The summed E-state index contributed by atoms with van der Waals surface area (Å²) in [5, 5.41) is 2.12. The highest BCUT2D eigenvalue weighted by molar-refractivity contribution is 7.99. The quantitative estimate of drug-likeness (QED) is 0.513. The average molecular weight is 288 g/mol. The van der Waals surface area contributed by atoms with Crippen LogP contribution in [0.15, 0.2) is 34.7 Å². The van der Waals surface area contributed by atoms with E-state index in [0.717, 1.165) is 5.03 Å². The number of halogens is 2. The van der Waals surface area contributed by atoms with Crippen LogP contribution in [0.1, 0.15) is 0 Å². The van der Waals surface area contributed by atoms with Crippen molar-refractivity contribution in [3.8, 4) is 0 Å². The van der Waals surface area contributed by atoms with Crippen LogP contribution in [0.5, 0.6) is 0 Å². The zero-order valence-electron chi connectivity index (χ0n) is 8.39. The van der Waals surface area contributed by atoms with Crippen molar-refractivity contribution < 1.29 is 0 Å². The third-order valence-electron chi connectivity index (χ3n) is 1.79. The van der Waals surface area contributed by atoms with E-state index in [1.165, 1.54) is 18.1 Å². The minimum absolute atomic E-state index is 0.365. The van der Waals surface area contributed by atoms with E-state index in [1.54, 1.807) is 18.3 Å². The molecule has 2 aromatic rings. The fourth-order valence-electron chi connectivity index (χ4n) is 1.06. The Morgan fingerprint density at radius 2 is 2.12 bits per heavy atom. The van der Waals surface area contributed by atoms with Crippen LogP contribution in [0.3, 0.4) is 0 Å². The van der Waals surface area contributed by atoms with Gasteiger partial charge in [-0.1, -0.05) is 23.2 Å². The zero-order valence-corrected chi connectivity index (χ0v) is 10.7. The van der Waals surface area contributed by atoms with Gasteiger partial charge in [0.25, 0.3) is 0 Å². The van der Waals surface area contributed by atoms with Gasteiger partial charge in [0.15, 0.2) is 5.82 Å². The molecule has 0 aliphatic carbocycles. The lowest BCUT2D eigenvalue weighted by atomic mass is 10.4. The van der Waals surface area contributed by atoms with Crippen molar-refractivity contribution in [3.63, 3.8) is 0 Å². The predicted molar refractivity (Wildman–Crippen MR) is 68.2 cm³/mol. The molecule has 0 spiro atoms. The smallest absolute Gasteiger partial charge is 0.160 e. The lowest BCUT2D eigenvalue weighted by Gasteiger charge is -2.07. The van der Waals surface area contributed by atoms with Gasteiger partial charge in [-0.2, -0.15) is 0 Å². The third-order valence-corrected chi connectivity index (χ3v) is 3.43. The number of nitrogens with one attached hydrogen (secondary N) is 1. The second kappa shape index (κ2) is 5.50. The number of nitrogen functional groups attached to an aromatic ring is 1. The maximum absolute atomic E-state index is 6.03. The summed E-state index contributed by atoms with van der Waals surface area (Å²) in [6.07, 6.45) is 3.09. The van der Waals surface area contributed by atoms with E-state index in [1.807, 2.05) is 0 Å². The second-order valence-corrected chi connectivity index (χ2v) is 4.72. The van der Waals surface area contributed by atoms with Gasteiger partial charge in [0, 0.05) is 6.20 Å². The van der Waals surface area contributed by atoms with Gasteiger partial charge >= 0.3 is 0 Å². The van der Waals surface area contributed by atoms with Gasteiger partial charge in [0.05, 0.1) is 10.0 Å². The molecule has 5 nitrogen and oxygen atoms in total. The first-order chi connectivity index (χ1) is 8.20.